The molecule has 1 unspecified atom stereocenters. The predicted molar refractivity (Wildman–Crippen MR) is 71.9 cm³/mol. The molecule has 98 valence electrons. The highest BCUT2D eigenvalue weighted by Crippen LogP contribution is 2.31. The van der Waals surface area contributed by atoms with Crippen LogP contribution in [-0.4, -0.2) is 16.3 Å². The van der Waals surface area contributed by atoms with Crippen molar-refractivity contribution in [2.75, 3.05) is 6.54 Å². The summed E-state index contributed by atoms with van der Waals surface area (Å²) in [5.41, 5.74) is 2.07. The van der Waals surface area contributed by atoms with E-state index in [0.29, 0.717) is 5.02 Å². The maximum Gasteiger partial charge on any atom is 0.106 e. The van der Waals surface area contributed by atoms with Gasteiger partial charge in [-0.05, 0) is 26.5 Å². The van der Waals surface area contributed by atoms with E-state index in [0.717, 1.165) is 29.3 Å². The van der Waals surface area contributed by atoms with Gasteiger partial charge in [0, 0.05) is 12.6 Å². The van der Waals surface area contributed by atoms with E-state index in [1.165, 1.54) is 0 Å². The van der Waals surface area contributed by atoms with Gasteiger partial charge < -0.3 is 9.73 Å². The molecule has 4 nitrogen and oxygen atoms in total. The van der Waals surface area contributed by atoms with Crippen molar-refractivity contribution < 1.29 is 4.42 Å². The Hall–Kier alpha value is -1.26. The smallest absolute Gasteiger partial charge is 0.106 e. The average Bonchev–Trinajstić information content (AvgIpc) is 2.80. The van der Waals surface area contributed by atoms with Crippen LogP contribution in [0, 0.1) is 13.8 Å². The van der Waals surface area contributed by atoms with Gasteiger partial charge in [-0.2, -0.15) is 5.10 Å². The summed E-state index contributed by atoms with van der Waals surface area (Å²) < 4.78 is 7.41. The molecule has 0 bridgehead atoms. The molecule has 2 heterocycles. The van der Waals surface area contributed by atoms with Gasteiger partial charge in [0.1, 0.15) is 11.5 Å². The van der Waals surface area contributed by atoms with Crippen LogP contribution in [0.5, 0.6) is 0 Å². The van der Waals surface area contributed by atoms with Crippen LogP contribution in [0.4, 0.5) is 0 Å². The van der Waals surface area contributed by atoms with Gasteiger partial charge in [-0.3, -0.25) is 4.68 Å². The molecule has 1 N–H and O–H groups in total. The number of hydrogen-bond acceptors (Lipinski definition) is 3. The lowest BCUT2D eigenvalue weighted by Gasteiger charge is -2.18. The highest BCUT2D eigenvalue weighted by molar-refractivity contribution is 6.31. The third kappa shape index (κ3) is 2.31. The van der Waals surface area contributed by atoms with E-state index >= 15 is 0 Å². The molecule has 5 heteroatoms. The van der Waals surface area contributed by atoms with Crippen molar-refractivity contribution in [1.29, 1.82) is 0 Å². The molecule has 0 amide bonds. The van der Waals surface area contributed by atoms with E-state index in [9.17, 15) is 0 Å². The molecule has 2 aromatic rings. The maximum absolute atomic E-state index is 6.23. The number of hydrogen-bond donors (Lipinski definition) is 1. The highest BCUT2D eigenvalue weighted by Gasteiger charge is 2.23. The van der Waals surface area contributed by atoms with Crippen LogP contribution in [0.25, 0.3) is 0 Å². The highest BCUT2D eigenvalue weighted by atomic mass is 35.5. The average molecular weight is 268 g/mol. The van der Waals surface area contributed by atoms with Crippen LogP contribution in [0.3, 0.4) is 0 Å². The first-order valence-electron chi connectivity index (χ1n) is 6.02. The number of rotatable bonds is 4. The molecular weight excluding hydrogens is 250 g/mol. The summed E-state index contributed by atoms with van der Waals surface area (Å²) in [6.45, 7) is 6.83. The minimum Gasteiger partial charge on any atom is -0.466 e. The number of furan rings is 1. The van der Waals surface area contributed by atoms with Gasteiger partial charge in [0.05, 0.1) is 23.0 Å². The summed E-state index contributed by atoms with van der Waals surface area (Å²) in [6.07, 6.45) is 1.67. The van der Waals surface area contributed by atoms with Crippen molar-refractivity contribution in [2.24, 2.45) is 7.05 Å². The fourth-order valence-electron chi connectivity index (χ4n) is 2.24. The van der Waals surface area contributed by atoms with Crippen LogP contribution < -0.4 is 5.32 Å². The summed E-state index contributed by atoms with van der Waals surface area (Å²) in [5, 5.41) is 8.30. The fourth-order valence-corrected chi connectivity index (χ4v) is 2.52. The Kier molecular flexibility index (Phi) is 3.78. The van der Waals surface area contributed by atoms with Gasteiger partial charge in [-0.1, -0.05) is 18.5 Å². The van der Waals surface area contributed by atoms with Crippen molar-refractivity contribution >= 4 is 11.6 Å². The molecule has 0 aliphatic heterocycles. The number of halogens is 1. The van der Waals surface area contributed by atoms with Crippen LogP contribution in [0.2, 0.25) is 5.02 Å². The maximum atomic E-state index is 6.23. The number of aryl methyl sites for hydroxylation is 3. The quantitative estimate of drug-likeness (QED) is 0.926. The van der Waals surface area contributed by atoms with E-state index < -0.39 is 0 Å². The molecule has 0 radical (unpaired) electrons. The first kappa shape index (κ1) is 13.2. The van der Waals surface area contributed by atoms with Gasteiger partial charge in [0.2, 0.25) is 0 Å². The molecule has 0 saturated carbocycles. The summed E-state index contributed by atoms with van der Waals surface area (Å²) in [5.74, 6) is 1.82. The van der Waals surface area contributed by atoms with E-state index in [-0.39, 0.29) is 6.04 Å². The second-order valence-electron chi connectivity index (χ2n) is 4.36. The fraction of sp³-hybridized carbons (Fsp3) is 0.462. The molecule has 18 heavy (non-hydrogen) atoms. The molecule has 2 rings (SSSR count). The molecule has 0 fully saturated rings. The molecule has 0 aliphatic carbocycles. The van der Waals surface area contributed by atoms with Gasteiger partial charge in [-0.25, -0.2) is 0 Å². The Bertz CT molecular complexity index is 525. The standard InChI is InChI=1S/C13H18ClN3O/c1-5-15-12(10-6-8(2)18-9(10)3)13-11(14)7-16-17(13)4/h6-7,12,15H,5H2,1-4H3. The van der Waals surface area contributed by atoms with E-state index in [4.69, 9.17) is 16.0 Å². The molecule has 1 atom stereocenters. The van der Waals surface area contributed by atoms with E-state index in [2.05, 4.69) is 17.3 Å². The lowest BCUT2D eigenvalue weighted by atomic mass is 10.0. The normalized spacial score (nSPS) is 12.9. The molecule has 0 spiro atoms. The first-order valence-corrected chi connectivity index (χ1v) is 6.40. The van der Waals surface area contributed by atoms with E-state index in [1.807, 2.05) is 27.0 Å². The monoisotopic (exact) mass is 267 g/mol. The Morgan fingerprint density at radius 3 is 2.67 bits per heavy atom. The minimum atomic E-state index is 0.00690. The second kappa shape index (κ2) is 5.16. The third-order valence-electron chi connectivity index (χ3n) is 3.01. The van der Waals surface area contributed by atoms with Gasteiger partial charge in [0.25, 0.3) is 0 Å². The Labute approximate surface area is 112 Å². The van der Waals surface area contributed by atoms with Gasteiger partial charge in [-0.15, -0.1) is 0 Å². The van der Waals surface area contributed by atoms with Crippen molar-refractivity contribution in [1.82, 2.24) is 15.1 Å². The molecular formula is C13H18ClN3O. The van der Waals surface area contributed by atoms with Crippen LogP contribution in [-0.2, 0) is 7.05 Å². The van der Waals surface area contributed by atoms with Crippen LogP contribution >= 0.6 is 11.6 Å². The molecule has 2 aromatic heterocycles. The number of nitrogens with zero attached hydrogens (tertiary/aromatic N) is 2. The summed E-state index contributed by atoms with van der Waals surface area (Å²) in [4.78, 5) is 0. The lowest BCUT2D eigenvalue weighted by molar-refractivity contribution is 0.491. The zero-order valence-electron chi connectivity index (χ0n) is 11.1. The summed E-state index contributed by atoms with van der Waals surface area (Å²) >= 11 is 6.23. The zero-order valence-corrected chi connectivity index (χ0v) is 11.9. The molecule has 0 saturated heterocycles. The Morgan fingerprint density at radius 1 is 1.50 bits per heavy atom. The molecule has 0 aromatic carbocycles. The van der Waals surface area contributed by atoms with Crippen LogP contribution in [0.1, 0.15) is 35.7 Å². The SMILES string of the molecule is CCNC(c1cc(C)oc1C)c1c(Cl)cnn1C. The van der Waals surface area contributed by atoms with Crippen molar-refractivity contribution in [3.05, 3.63) is 40.1 Å². The summed E-state index contributed by atoms with van der Waals surface area (Å²) in [6, 6.07) is 2.05. The predicted octanol–water partition coefficient (Wildman–Crippen LogP) is 2.98. The third-order valence-corrected chi connectivity index (χ3v) is 3.30. The summed E-state index contributed by atoms with van der Waals surface area (Å²) in [7, 11) is 1.90. The largest absolute Gasteiger partial charge is 0.466 e. The lowest BCUT2D eigenvalue weighted by Crippen LogP contribution is -2.24. The number of nitrogens with one attached hydrogen (secondary N) is 1. The van der Waals surface area contributed by atoms with Crippen LogP contribution in [0.15, 0.2) is 16.7 Å². The molecule has 0 aliphatic rings. The second-order valence-corrected chi connectivity index (χ2v) is 4.77. The zero-order chi connectivity index (χ0) is 13.3. The van der Waals surface area contributed by atoms with Crippen molar-refractivity contribution in [3.63, 3.8) is 0 Å². The first-order chi connectivity index (χ1) is 8.54. The van der Waals surface area contributed by atoms with Crippen molar-refractivity contribution in [2.45, 2.75) is 26.8 Å². The Morgan fingerprint density at radius 2 is 2.22 bits per heavy atom. The Balaban J connectivity index is 2.49. The number of aromatic nitrogens is 2. The topological polar surface area (TPSA) is 43.0 Å². The van der Waals surface area contributed by atoms with Gasteiger partial charge >= 0.3 is 0 Å². The van der Waals surface area contributed by atoms with Gasteiger partial charge in [0.15, 0.2) is 0 Å². The minimum absolute atomic E-state index is 0.00690. The van der Waals surface area contributed by atoms with E-state index in [1.54, 1.807) is 10.9 Å². The van der Waals surface area contributed by atoms with Crippen molar-refractivity contribution in [3.8, 4) is 0 Å².